The van der Waals surface area contributed by atoms with E-state index in [0.717, 1.165) is 5.92 Å². The molecule has 14 heavy (non-hydrogen) atoms. The Kier molecular flexibility index (Phi) is 3.59. The first-order valence-electron chi connectivity index (χ1n) is 5.49. The van der Waals surface area contributed by atoms with Gasteiger partial charge in [0.1, 0.15) is 0 Å². The highest BCUT2D eigenvalue weighted by Gasteiger charge is 2.46. The smallest absolute Gasteiger partial charge is 0.159 e. The highest BCUT2D eigenvalue weighted by Crippen LogP contribution is 2.51. The van der Waals surface area contributed by atoms with Gasteiger partial charge in [-0.3, -0.25) is 0 Å². The van der Waals surface area contributed by atoms with E-state index in [1.54, 1.807) is 14.2 Å². The Morgan fingerprint density at radius 3 is 1.93 bits per heavy atom. The molecule has 0 radical (unpaired) electrons. The summed E-state index contributed by atoms with van der Waals surface area (Å²) >= 11 is 0. The van der Waals surface area contributed by atoms with Gasteiger partial charge in [-0.2, -0.15) is 0 Å². The Hall–Kier alpha value is -0.0800. The molecule has 0 spiro atoms. The fraction of sp³-hybridized carbons (Fsp3) is 1.00. The maximum Gasteiger partial charge on any atom is 0.159 e. The highest BCUT2D eigenvalue weighted by molar-refractivity contribution is 4.93. The van der Waals surface area contributed by atoms with Gasteiger partial charge in [-0.25, -0.2) is 0 Å². The van der Waals surface area contributed by atoms with Crippen molar-refractivity contribution < 1.29 is 9.47 Å². The summed E-state index contributed by atoms with van der Waals surface area (Å²) in [6.07, 6.45) is 1.16. The molecule has 0 aromatic heterocycles. The van der Waals surface area contributed by atoms with Crippen LogP contribution in [0.3, 0.4) is 0 Å². The van der Waals surface area contributed by atoms with Gasteiger partial charge in [0.2, 0.25) is 0 Å². The normalized spacial score (nSPS) is 36.6. The first kappa shape index (κ1) is 12.0. The molecule has 0 N–H and O–H groups in total. The standard InChI is InChI=1S/C12H24O2/c1-8-9(2)12(3,4)7-10(8)11(13-5)14-6/h8-11H,7H2,1-6H3. The van der Waals surface area contributed by atoms with Gasteiger partial charge in [-0.05, 0) is 23.7 Å². The molecule has 84 valence electrons. The fourth-order valence-electron chi connectivity index (χ4n) is 2.85. The molecule has 3 atom stereocenters. The molecule has 1 aliphatic carbocycles. The van der Waals surface area contributed by atoms with E-state index in [4.69, 9.17) is 9.47 Å². The number of hydrogen-bond acceptors (Lipinski definition) is 2. The molecule has 0 saturated heterocycles. The summed E-state index contributed by atoms with van der Waals surface area (Å²) in [4.78, 5) is 0. The van der Waals surface area contributed by atoms with E-state index in [0.29, 0.717) is 17.3 Å². The largest absolute Gasteiger partial charge is 0.356 e. The van der Waals surface area contributed by atoms with E-state index in [1.807, 2.05) is 0 Å². The van der Waals surface area contributed by atoms with Crippen molar-refractivity contribution in [1.82, 2.24) is 0 Å². The number of methoxy groups -OCH3 is 2. The molecular formula is C12H24O2. The summed E-state index contributed by atoms with van der Waals surface area (Å²) in [7, 11) is 3.47. The van der Waals surface area contributed by atoms with Crippen molar-refractivity contribution in [1.29, 1.82) is 0 Å². The van der Waals surface area contributed by atoms with E-state index in [1.165, 1.54) is 6.42 Å². The van der Waals surface area contributed by atoms with Gasteiger partial charge in [-0.15, -0.1) is 0 Å². The number of hydrogen-bond donors (Lipinski definition) is 0. The van der Waals surface area contributed by atoms with Gasteiger partial charge in [0, 0.05) is 20.1 Å². The summed E-state index contributed by atoms with van der Waals surface area (Å²) in [5, 5.41) is 0. The maximum atomic E-state index is 5.37. The van der Waals surface area contributed by atoms with Crippen LogP contribution in [0.5, 0.6) is 0 Å². The van der Waals surface area contributed by atoms with Crippen molar-refractivity contribution in [2.24, 2.45) is 23.2 Å². The van der Waals surface area contributed by atoms with E-state index < -0.39 is 0 Å². The van der Waals surface area contributed by atoms with Crippen LogP contribution in [-0.2, 0) is 9.47 Å². The zero-order valence-corrected chi connectivity index (χ0v) is 10.3. The molecule has 0 aromatic rings. The Morgan fingerprint density at radius 2 is 1.64 bits per heavy atom. The molecule has 3 unspecified atom stereocenters. The zero-order chi connectivity index (χ0) is 10.9. The molecule has 0 heterocycles. The average Bonchev–Trinajstić information content (AvgIpc) is 2.33. The lowest BCUT2D eigenvalue weighted by Crippen LogP contribution is -2.27. The van der Waals surface area contributed by atoms with Crippen LogP contribution >= 0.6 is 0 Å². The lowest BCUT2D eigenvalue weighted by Gasteiger charge is -2.25. The van der Waals surface area contributed by atoms with Gasteiger partial charge >= 0.3 is 0 Å². The van der Waals surface area contributed by atoms with Gasteiger partial charge in [0.05, 0.1) is 0 Å². The minimum absolute atomic E-state index is 0.0331. The topological polar surface area (TPSA) is 18.5 Å². The zero-order valence-electron chi connectivity index (χ0n) is 10.3. The molecular weight excluding hydrogens is 176 g/mol. The van der Waals surface area contributed by atoms with Crippen LogP contribution in [0.15, 0.2) is 0 Å². The van der Waals surface area contributed by atoms with Crippen LogP contribution in [-0.4, -0.2) is 20.5 Å². The van der Waals surface area contributed by atoms with Crippen LogP contribution in [0.2, 0.25) is 0 Å². The fourth-order valence-corrected chi connectivity index (χ4v) is 2.85. The predicted molar refractivity (Wildman–Crippen MR) is 58.0 cm³/mol. The third kappa shape index (κ3) is 1.96. The molecule has 0 bridgehead atoms. The predicted octanol–water partition coefficient (Wildman–Crippen LogP) is 2.92. The first-order valence-corrected chi connectivity index (χ1v) is 5.49. The molecule has 2 heteroatoms. The minimum atomic E-state index is -0.0331. The lowest BCUT2D eigenvalue weighted by atomic mass is 9.81. The minimum Gasteiger partial charge on any atom is -0.356 e. The van der Waals surface area contributed by atoms with Crippen LogP contribution < -0.4 is 0 Å². The third-order valence-corrected chi connectivity index (χ3v) is 4.27. The van der Waals surface area contributed by atoms with E-state index in [2.05, 4.69) is 27.7 Å². The molecule has 0 aromatic carbocycles. The SMILES string of the molecule is COC(OC)C1CC(C)(C)C(C)C1C. The molecule has 0 aliphatic heterocycles. The van der Waals surface area contributed by atoms with E-state index in [9.17, 15) is 0 Å². The van der Waals surface area contributed by atoms with Crippen LogP contribution in [0, 0.1) is 23.2 Å². The van der Waals surface area contributed by atoms with Gasteiger partial charge in [0.25, 0.3) is 0 Å². The van der Waals surface area contributed by atoms with Crippen LogP contribution in [0.25, 0.3) is 0 Å². The lowest BCUT2D eigenvalue weighted by molar-refractivity contribution is -0.145. The van der Waals surface area contributed by atoms with E-state index in [-0.39, 0.29) is 6.29 Å². The van der Waals surface area contributed by atoms with Crippen molar-refractivity contribution in [2.75, 3.05) is 14.2 Å². The van der Waals surface area contributed by atoms with Crippen molar-refractivity contribution in [3.8, 4) is 0 Å². The van der Waals surface area contributed by atoms with Crippen molar-refractivity contribution in [2.45, 2.75) is 40.4 Å². The summed E-state index contributed by atoms with van der Waals surface area (Å²) in [6, 6.07) is 0. The second-order valence-corrected chi connectivity index (χ2v) is 5.34. The second kappa shape index (κ2) is 4.19. The molecule has 1 fully saturated rings. The third-order valence-electron chi connectivity index (χ3n) is 4.27. The summed E-state index contributed by atoms with van der Waals surface area (Å²) in [5.41, 5.74) is 0.416. The maximum absolute atomic E-state index is 5.37. The van der Waals surface area contributed by atoms with Crippen molar-refractivity contribution in [3.63, 3.8) is 0 Å². The Labute approximate surface area is 88.0 Å². The van der Waals surface area contributed by atoms with Crippen LogP contribution in [0.1, 0.15) is 34.1 Å². The first-order chi connectivity index (χ1) is 6.44. The monoisotopic (exact) mass is 200 g/mol. The quantitative estimate of drug-likeness (QED) is 0.652. The Balaban J connectivity index is 2.74. The average molecular weight is 200 g/mol. The van der Waals surface area contributed by atoms with Gasteiger partial charge in [0.15, 0.2) is 6.29 Å². The highest BCUT2D eigenvalue weighted by atomic mass is 16.7. The van der Waals surface area contributed by atoms with Gasteiger partial charge < -0.3 is 9.47 Å². The summed E-state index contributed by atoms with van der Waals surface area (Å²) in [5.74, 6) is 1.95. The van der Waals surface area contributed by atoms with Crippen molar-refractivity contribution >= 4 is 0 Å². The molecule has 1 aliphatic rings. The summed E-state index contributed by atoms with van der Waals surface area (Å²) < 4.78 is 10.7. The number of ether oxygens (including phenoxy) is 2. The van der Waals surface area contributed by atoms with Crippen LogP contribution in [0.4, 0.5) is 0 Å². The van der Waals surface area contributed by atoms with Crippen molar-refractivity contribution in [3.05, 3.63) is 0 Å². The number of rotatable bonds is 3. The van der Waals surface area contributed by atoms with Gasteiger partial charge in [-0.1, -0.05) is 27.7 Å². The molecule has 2 nitrogen and oxygen atoms in total. The second-order valence-electron chi connectivity index (χ2n) is 5.34. The summed E-state index contributed by atoms with van der Waals surface area (Å²) in [6.45, 7) is 9.34. The molecule has 1 saturated carbocycles. The molecule has 1 rings (SSSR count). The molecule has 0 amide bonds. The Morgan fingerprint density at radius 1 is 1.14 bits per heavy atom. The Bertz CT molecular complexity index is 185. The van der Waals surface area contributed by atoms with E-state index >= 15 is 0 Å².